The predicted molar refractivity (Wildman–Crippen MR) is 66.2 cm³/mol. The minimum atomic E-state index is -0.188. The summed E-state index contributed by atoms with van der Waals surface area (Å²) in [6.07, 6.45) is 5.59. The maximum Gasteiger partial charge on any atom is 0.227 e. The Balaban J connectivity index is 2.69. The molecule has 3 heteroatoms. The molecule has 0 aliphatic carbocycles. The molecule has 0 radical (unpaired) electrons. The summed E-state index contributed by atoms with van der Waals surface area (Å²) in [4.78, 5) is 13.4. The zero-order chi connectivity index (χ0) is 12.1. The van der Waals surface area contributed by atoms with Gasteiger partial charge in [-0.1, -0.05) is 29.7 Å². The first-order valence-corrected chi connectivity index (χ1v) is 5.38. The van der Waals surface area contributed by atoms with Crippen LogP contribution in [0, 0.1) is 12.3 Å². The molecule has 0 heterocycles. The highest BCUT2D eigenvalue weighted by Gasteiger charge is 2.13. The van der Waals surface area contributed by atoms with Crippen molar-refractivity contribution in [1.29, 1.82) is 0 Å². The summed E-state index contributed by atoms with van der Waals surface area (Å²) in [7, 11) is 1.71. The Labute approximate surface area is 101 Å². The normalized spacial score (nSPS) is 11.6. The molecule has 0 aromatic heterocycles. The van der Waals surface area contributed by atoms with Gasteiger partial charge in [-0.05, 0) is 24.6 Å². The Morgan fingerprint density at radius 1 is 1.62 bits per heavy atom. The third-order valence-corrected chi connectivity index (χ3v) is 2.70. The SMILES string of the molecule is C#C[C@H](C)N(C)C(=O)Cc1cccc(Cl)c1. The fourth-order valence-electron chi connectivity index (χ4n) is 1.27. The molecule has 1 aromatic rings. The van der Waals surface area contributed by atoms with Crippen LogP contribution < -0.4 is 0 Å². The van der Waals surface area contributed by atoms with E-state index >= 15 is 0 Å². The number of hydrogen-bond acceptors (Lipinski definition) is 1. The second kappa shape index (κ2) is 5.58. The van der Waals surface area contributed by atoms with Crippen molar-refractivity contribution in [2.45, 2.75) is 19.4 Å². The van der Waals surface area contributed by atoms with Gasteiger partial charge in [0.15, 0.2) is 0 Å². The van der Waals surface area contributed by atoms with E-state index in [0.29, 0.717) is 11.4 Å². The van der Waals surface area contributed by atoms with E-state index < -0.39 is 0 Å². The van der Waals surface area contributed by atoms with Crippen molar-refractivity contribution in [2.75, 3.05) is 7.05 Å². The van der Waals surface area contributed by atoms with E-state index in [1.807, 2.05) is 19.1 Å². The minimum Gasteiger partial charge on any atom is -0.332 e. The zero-order valence-corrected chi connectivity index (χ0v) is 10.2. The van der Waals surface area contributed by atoms with Crippen molar-refractivity contribution >= 4 is 17.5 Å². The summed E-state index contributed by atoms with van der Waals surface area (Å²) < 4.78 is 0. The van der Waals surface area contributed by atoms with Gasteiger partial charge in [-0.15, -0.1) is 6.42 Å². The first-order chi connectivity index (χ1) is 7.54. The third-order valence-electron chi connectivity index (χ3n) is 2.46. The number of rotatable bonds is 3. The summed E-state index contributed by atoms with van der Waals surface area (Å²) in [5.74, 6) is 2.52. The number of carbonyl (C=O) groups excluding carboxylic acids is 1. The smallest absolute Gasteiger partial charge is 0.227 e. The molecule has 0 aliphatic heterocycles. The molecule has 0 spiro atoms. The average molecular weight is 236 g/mol. The van der Waals surface area contributed by atoms with E-state index in [9.17, 15) is 4.79 Å². The van der Waals surface area contributed by atoms with Crippen LogP contribution >= 0.6 is 11.6 Å². The van der Waals surface area contributed by atoms with Crippen LogP contribution in [0.5, 0.6) is 0 Å². The van der Waals surface area contributed by atoms with Crippen LogP contribution in [0.2, 0.25) is 5.02 Å². The number of nitrogens with zero attached hydrogens (tertiary/aromatic N) is 1. The number of amides is 1. The highest BCUT2D eigenvalue weighted by Crippen LogP contribution is 2.12. The maximum absolute atomic E-state index is 11.8. The van der Waals surface area contributed by atoms with Crippen LogP contribution in [0.4, 0.5) is 0 Å². The van der Waals surface area contributed by atoms with Crippen LogP contribution in [-0.4, -0.2) is 23.9 Å². The summed E-state index contributed by atoms with van der Waals surface area (Å²) in [5.41, 5.74) is 0.897. The lowest BCUT2D eigenvalue weighted by molar-refractivity contribution is -0.130. The highest BCUT2D eigenvalue weighted by molar-refractivity contribution is 6.30. The van der Waals surface area contributed by atoms with Gasteiger partial charge in [0, 0.05) is 12.1 Å². The topological polar surface area (TPSA) is 20.3 Å². The Bertz CT molecular complexity index is 422. The molecular weight excluding hydrogens is 222 g/mol. The van der Waals surface area contributed by atoms with Gasteiger partial charge in [0.25, 0.3) is 0 Å². The molecule has 0 unspecified atom stereocenters. The molecule has 84 valence electrons. The molecule has 1 rings (SSSR count). The van der Waals surface area contributed by atoms with E-state index in [2.05, 4.69) is 5.92 Å². The number of likely N-dealkylation sites (N-methyl/N-ethyl adjacent to an activating group) is 1. The molecule has 0 saturated carbocycles. The summed E-state index contributed by atoms with van der Waals surface area (Å²) >= 11 is 5.84. The molecular formula is C13H14ClNO. The number of terminal acetylenes is 1. The Morgan fingerprint density at radius 3 is 2.88 bits per heavy atom. The van der Waals surface area contributed by atoms with E-state index in [4.69, 9.17) is 18.0 Å². The lowest BCUT2D eigenvalue weighted by atomic mass is 10.1. The third kappa shape index (κ3) is 3.29. The van der Waals surface area contributed by atoms with E-state index in [0.717, 1.165) is 5.56 Å². The van der Waals surface area contributed by atoms with Gasteiger partial charge in [0.1, 0.15) is 0 Å². The van der Waals surface area contributed by atoms with Gasteiger partial charge in [-0.3, -0.25) is 4.79 Å². The summed E-state index contributed by atoms with van der Waals surface area (Å²) in [6.45, 7) is 1.82. The molecule has 16 heavy (non-hydrogen) atoms. The van der Waals surface area contributed by atoms with Gasteiger partial charge in [0.05, 0.1) is 12.5 Å². The number of hydrogen-bond donors (Lipinski definition) is 0. The highest BCUT2D eigenvalue weighted by atomic mass is 35.5. The van der Waals surface area contributed by atoms with Crippen molar-refractivity contribution in [3.05, 3.63) is 34.9 Å². The van der Waals surface area contributed by atoms with Crippen LogP contribution in [0.1, 0.15) is 12.5 Å². The molecule has 0 saturated heterocycles. The van der Waals surface area contributed by atoms with Crippen LogP contribution in [0.15, 0.2) is 24.3 Å². The predicted octanol–water partition coefficient (Wildman–Crippen LogP) is 2.36. The van der Waals surface area contributed by atoms with Crippen molar-refractivity contribution in [3.63, 3.8) is 0 Å². The fourth-order valence-corrected chi connectivity index (χ4v) is 1.49. The summed E-state index contributed by atoms with van der Waals surface area (Å²) in [5, 5.41) is 0.637. The largest absolute Gasteiger partial charge is 0.332 e. The van der Waals surface area contributed by atoms with Gasteiger partial charge in [-0.2, -0.15) is 0 Å². The van der Waals surface area contributed by atoms with Crippen LogP contribution in [0.25, 0.3) is 0 Å². The van der Waals surface area contributed by atoms with Crippen molar-refractivity contribution in [3.8, 4) is 12.3 Å². The van der Waals surface area contributed by atoms with Gasteiger partial charge >= 0.3 is 0 Å². The first-order valence-electron chi connectivity index (χ1n) is 5.01. The van der Waals surface area contributed by atoms with E-state index in [1.54, 1.807) is 24.1 Å². The van der Waals surface area contributed by atoms with Gasteiger partial charge < -0.3 is 4.90 Å². The Morgan fingerprint density at radius 2 is 2.31 bits per heavy atom. The summed E-state index contributed by atoms with van der Waals surface area (Å²) in [6, 6.07) is 7.08. The lowest BCUT2D eigenvalue weighted by Gasteiger charge is -2.20. The van der Waals surface area contributed by atoms with Crippen molar-refractivity contribution < 1.29 is 4.79 Å². The van der Waals surface area contributed by atoms with Gasteiger partial charge in [-0.25, -0.2) is 0 Å². The first kappa shape index (κ1) is 12.6. The zero-order valence-electron chi connectivity index (χ0n) is 9.40. The lowest BCUT2D eigenvalue weighted by Crippen LogP contribution is -2.35. The number of benzene rings is 1. The molecule has 0 bridgehead atoms. The van der Waals surface area contributed by atoms with E-state index in [1.165, 1.54) is 0 Å². The molecule has 2 nitrogen and oxygen atoms in total. The molecule has 0 fully saturated rings. The fraction of sp³-hybridized carbons (Fsp3) is 0.308. The average Bonchev–Trinajstić information content (AvgIpc) is 2.27. The van der Waals surface area contributed by atoms with Crippen LogP contribution in [-0.2, 0) is 11.2 Å². The van der Waals surface area contributed by atoms with Gasteiger partial charge in [0.2, 0.25) is 5.91 Å². The second-order valence-corrected chi connectivity index (χ2v) is 4.09. The molecule has 1 aromatic carbocycles. The second-order valence-electron chi connectivity index (χ2n) is 3.65. The maximum atomic E-state index is 11.8. The Kier molecular flexibility index (Phi) is 4.39. The Hall–Kier alpha value is -1.46. The number of halogens is 1. The number of carbonyl (C=O) groups is 1. The quantitative estimate of drug-likeness (QED) is 0.737. The minimum absolute atomic E-state index is 0.00674. The van der Waals surface area contributed by atoms with Crippen LogP contribution in [0.3, 0.4) is 0 Å². The van der Waals surface area contributed by atoms with Crippen molar-refractivity contribution in [1.82, 2.24) is 4.90 Å². The van der Waals surface area contributed by atoms with Crippen molar-refractivity contribution in [2.24, 2.45) is 0 Å². The van der Waals surface area contributed by atoms with E-state index in [-0.39, 0.29) is 11.9 Å². The molecule has 1 amide bonds. The molecule has 0 N–H and O–H groups in total. The molecule has 1 atom stereocenters. The molecule has 0 aliphatic rings. The standard InChI is InChI=1S/C13H14ClNO/c1-4-10(2)15(3)13(16)9-11-6-5-7-12(14)8-11/h1,5-8,10H,9H2,2-3H3/t10-/m0/s1. The monoisotopic (exact) mass is 235 g/mol.